The van der Waals surface area contributed by atoms with Crippen LogP contribution in [0.5, 0.6) is 23.0 Å². The normalized spacial score (nSPS) is 10.5. The van der Waals surface area contributed by atoms with Gasteiger partial charge in [0.15, 0.2) is 23.9 Å². The standard InChI is InChI=1S/C23H27N3O5/c1-13-7-8-17(9-14(13)2)31-12-20(27)24-23-21(15(3)25-26-23)16-10-18(28-4)22(30-6)19(11-16)29-5/h7-11H,12H2,1-6H3,(H2,24,25,26,27). The summed E-state index contributed by atoms with van der Waals surface area (Å²) in [7, 11) is 4.65. The molecule has 1 amide bonds. The molecule has 164 valence electrons. The third kappa shape index (κ3) is 4.74. The van der Waals surface area contributed by atoms with Crippen molar-refractivity contribution in [1.82, 2.24) is 10.2 Å². The van der Waals surface area contributed by atoms with Gasteiger partial charge >= 0.3 is 0 Å². The van der Waals surface area contributed by atoms with Crippen molar-refractivity contribution in [2.45, 2.75) is 20.8 Å². The number of carbonyl (C=O) groups is 1. The molecule has 0 radical (unpaired) electrons. The van der Waals surface area contributed by atoms with Crippen LogP contribution in [0.3, 0.4) is 0 Å². The van der Waals surface area contributed by atoms with Crippen LogP contribution in [0, 0.1) is 20.8 Å². The lowest BCUT2D eigenvalue weighted by Crippen LogP contribution is -2.20. The number of H-pyrrole nitrogens is 1. The van der Waals surface area contributed by atoms with E-state index in [4.69, 9.17) is 18.9 Å². The number of aromatic amines is 1. The van der Waals surface area contributed by atoms with Crippen molar-refractivity contribution in [3.05, 3.63) is 47.2 Å². The highest BCUT2D eigenvalue weighted by atomic mass is 16.5. The summed E-state index contributed by atoms with van der Waals surface area (Å²) in [5.41, 5.74) is 4.52. The molecule has 8 heteroatoms. The van der Waals surface area contributed by atoms with Gasteiger partial charge in [-0.15, -0.1) is 0 Å². The van der Waals surface area contributed by atoms with E-state index in [-0.39, 0.29) is 12.5 Å². The molecule has 0 saturated heterocycles. The van der Waals surface area contributed by atoms with Crippen LogP contribution in [-0.2, 0) is 4.79 Å². The second-order valence-corrected chi connectivity index (χ2v) is 7.07. The predicted molar refractivity (Wildman–Crippen MR) is 118 cm³/mol. The van der Waals surface area contributed by atoms with Crippen molar-refractivity contribution in [3.8, 4) is 34.1 Å². The van der Waals surface area contributed by atoms with Gasteiger partial charge in [0.25, 0.3) is 5.91 Å². The number of amides is 1. The summed E-state index contributed by atoms with van der Waals surface area (Å²) in [5.74, 6) is 2.21. The highest BCUT2D eigenvalue weighted by Gasteiger charge is 2.20. The molecule has 2 N–H and O–H groups in total. The van der Waals surface area contributed by atoms with Crippen LogP contribution in [0.4, 0.5) is 5.82 Å². The van der Waals surface area contributed by atoms with Crippen LogP contribution in [0.1, 0.15) is 16.8 Å². The van der Waals surface area contributed by atoms with Crippen LogP contribution < -0.4 is 24.3 Å². The number of ether oxygens (including phenoxy) is 4. The molecule has 0 unspecified atom stereocenters. The summed E-state index contributed by atoms with van der Waals surface area (Å²) in [5, 5.41) is 9.97. The molecular weight excluding hydrogens is 398 g/mol. The Morgan fingerprint density at radius 1 is 0.968 bits per heavy atom. The summed E-state index contributed by atoms with van der Waals surface area (Å²) < 4.78 is 21.9. The number of carbonyl (C=O) groups excluding carboxylic acids is 1. The van der Waals surface area contributed by atoms with Crippen LogP contribution in [0.2, 0.25) is 0 Å². The summed E-state index contributed by atoms with van der Waals surface area (Å²) in [6.45, 7) is 5.75. The van der Waals surface area contributed by atoms with Crippen LogP contribution in [-0.4, -0.2) is 44.0 Å². The van der Waals surface area contributed by atoms with Crippen LogP contribution >= 0.6 is 0 Å². The van der Waals surface area contributed by atoms with Gasteiger partial charge in [0.05, 0.1) is 21.3 Å². The van der Waals surface area contributed by atoms with Gasteiger partial charge in [-0.1, -0.05) is 6.07 Å². The third-order valence-electron chi connectivity index (χ3n) is 5.01. The highest BCUT2D eigenvalue weighted by molar-refractivity contribution is 5.95. The van der Waals surface area contributed by atoms with Crippen molar-refractivity contribution in [3.63, 3.8) is 0 Å². The van der Waals surface area contributed by atoms with Gasteiger partial charge in [0.2, 0.25) is 5.75 Å². The fraction of sp³-hybridized carbons (Fsp3) is 0.304. The lowest BCUT2D eigenvalue weighted by atomic mass is 10.0. The Balaban J connectivity index is 1.82. The maximum atomic E-state index is 12.5. The Labute approximate surface area is 181 Å². The number of benzene rings is 2. The summed E-state index contributed by atoms with van der Waals surface area (Å²) in [6, 6.07) is 9.32. The zero-order valence-electron chi connectivity index (χ0n) is 18.6. The number of nitrogens with zero attached hydrogens (tertiary/aromatic N) is 1. The molecule has 0 fully saturated rings. The predicted octanol–water partition coefficient (Wildman–Crippen LogP) is 4.05. The molecule has 0 aliphatic rings. The molecule has 31 heavy (non-hydrogen) atoms. The van der Waals surface area contributed by atoms with E-state index in [1.54, 1.807) is 33.5 Å². The zero-order valence-corrected chi connectivity index (χ0v) is 18.6. The average molecular weight is 425 g/mol. The third-order valence-corrected chi connectivity index (χ3v) is 5.01. The van der Waals surface area contributed by atoms with Gasteiger partial charge in [-0.05, 0) is 61.7 Å². The van der Waals surface area contributed by atoms with Crippen molar-refractivity contribution in [2.24, 2.45) is 0 Å². The summed E-state index contributed by atoms with van der Waals surface area (Å²) in [4.78, 5) is 12.5. The maximum Gasteiger partial charge on any atom is 0.263 e. The van der Waals surface area contributed by atoms with E-state index in [1.165, 1.54) is 5.56 Å². The fourth-order valence-corrected chi connectivity index (χ4v) is 3.22. The first-order chi connectivity index (χ1) is 14.9. The Bertz CT molecular complexity index is 1070. The second kappa shape index (κ2) is 9.42. The molecular formula is C23H27N3O5. The molecule has 0 atom stereocenters. The van der Waals surface area contributed by atoms with E-state index in [1.807, 2.05) is 39.0 Å². The Morgan fingerprint density at radius 2 is 1.65 bits per heavy atom. The molecule has 1 heterocycles. The quantitative estimate of drug-likeness (QED) is 0.566. The van der Waals surface area contributed by atoms with Gasteiger partial charge in [-0.3, -0.25) is 9.89 Å². The number of aromatic nitrogens is 2. The van der Waals surface area contributed by atoms with Gasteiger partial charge in [-0.25, -0.2) is 0 Å². The summed E-state index contributed by atoms with van der Waals surface area (Å²) >= 11 is 0. The molecule has 3 rings (SSSR count). The zero-order chi connectivity index (χ0) is 22.5. The molecule has 0 aliphatic carbocycles. The first kappa shape index (κ1) is 22.0. The van der Waals surface area contributed by atoms with E-state index < -0.39 is 0 Å². The van der Waals surface area contributed by atoms with Crippen LogP contribution in [0.15, 0.2) is 30.3 Å². The number of hydrogen-bond donors (Lipinski definition) is 2. The van der Waals surface area contributed by atoms with E-state index in [2.05, 4.69) is 15.5 Å². The van der Waals surface area contributed by atoms with Gasteiger partial charge in [0, 0.05) is 11.3 Å². The largest absolute Gasteiger partial charge is 0.493 e. The smallest absolute Gasteiger partial charge is 0.263 e. The summed E-state index contributed by atoms with van der Waals surface area (Å²) in [6.07, 6.45) is 0. The number of aryl methyl sites for hydroxylation is 3. The molecule has 2 aromatic carbocycles. The number of anilines is 1. The number of methoxy groups -OCH3 is 3. The fourth-order valence-electron chi connectivity index (χ4n) is 3.22. The van der Waals surface area contributed by atoms with E-state index in [0.29, 0.717) is 28.8 Å². The minimum absolute atomic E-state index is 0.136. The number of hydrogen-bond acceptors (Lipinski definition) is 6. The molecule has 3 aromatic rings. The van der Waals surface area contributed by atoms with Crippen molar-refractivity contribution in [2.75, 3.05) is 33.3 Å². The molecule has 8 nitrogen and oxygen atoms in total. The Morgan fingerprint density at radius 3 is 2.23 bits per heavy atom. The van der Waals surface area contributed by atoms with Gasteiger partial charge in [0.1, 0.15) is 5.75 Å². The van der Waals surface area contributed by atoms with E-state index in [9.17, 15) is 4.79 Å². The van der Waals surface area contributed by atoms with Crippen molar-refractivity contribution in [1.29, 1.82) is 0 Å². The van der Waals surface area contributed by atoms with Gasteiger partial charge < -0.3 is 24.3 Å². The van der Waals surface area contributed by atoms with E-state index in [0.717, 1.165) is 22.4 Å². The second-order valence-electron chi connectivity index (χ2n) is 7.07. The Hall–Kier alpha value is -3.68. The van der Waals surface area contributed by atoms with Crippen molar-refractivity contribution < 1.29 is 23.7 Å². The lowest BCUT2D eigenvalue weighted by Gasteiger charge is -2.15. The minimum Gasteiger partial charge on any atom is -0.493 e. The van der Waals surface area contributed by atoms with Crippen molar-refractivity contribution >= 4 is 11.7 Å². The van der Waals surface area contributed by atoms with Crippen LogP contribution in [0.25, 0.3) is 11.1 Å². The minimum atomic E-state index is -0.321. The Kier molecular flexibility index (Phi) is 6.69. The first-order valence-corrected chi connectivity index (χ1v) is 9.73. The van der Waals surface area contributed by atoms with Gasteiger partial charge in [-0.2, -0.15) is 5.10 Å². The molecule has 0 spiro atoms. The monoisotopic (exact) mass is 425 g/mol. The molecule has 0 saturated carbocycles. The highest BCUT2D eigenvalue weighted by Crippen LogP contribution is 2.43. The van der Waals surface area contributed by atoms with E-state index >= 15 is 0 Å². The molecule has 1 aromatic heterocycles. The SMILES string of the molecule is COc1cc(-c2c(NC(=O)COc3ccc(C)c(C)c3)n[nH]c2C)cc(OC)c1OC. The lowest BCUT2D eigenvalue weighted by molar-refractivity contribution is -0.118. The maximum absolute atomic E-state index is 12.5. The average Bonchev–Trinajstić information content (AvgIpc) is 3.13. The number of nitrogens with one attached hydrogen (secondary N) is 2. The molecule has 0 bridgehead atoms. The molecule has 0 aliphatic heterocycles. The number of rotatable bonds is 8. The first-order valence-electron chi connectivity index (χ1n) is 9.73. The topological polar surface area (TPSA) is 94.7 Å².